The number of rotatable bonds is 8. The molecular formula is C22H20ClFN2O7. The summed E-state index contributed by atoms with van der Waals surface area (Å²) in [6, 6.07) is 7.07. The molecule has 0 aliphatic heterocycles. The molecule has 0 saturated carbocycles. The first-order chi connectivity index (χ1) is 15.8. The Morgan fingerprint density at radius 2 is 1.79 bits per heavy atom. The van der Waals surface area contributed by atoms with Gasteiger partial charge in [0.1, 0.15) is 22.8 Å². The fourth-order valence-electron chi connectivity index (χ4n) is 3.06. The monoisotopic (exact) mass is 478 g/mol. The van der Waals surface area contributed by atoms with Gasteiger partial charge < -0.3 is 28.8 Å². The van der Waals surface area contributed by atoms with Crippen molar-refractivity contribution in [1.29, 1.82) is 0 Å². The van der Waals surface area contributed by atoms with Crippen molar-refractivity contribution in [2.45, 2.75) is 6.92 Å². The highest BCUT2D eigenvalue weighted by Gasteiger charge is 2.27. The minimum atomic E-state index is -0.928. The van der Waals surface area contributed by atoms with Gasteiger partial charge in [-0.1, -0.05) is 22.8 Å². The van der Waals surface area contributed by atoms with Gasteiger partial charge in [0.25, 0.3) is 5.91 Å². The molecular weight excluding hydrogens is 459 g/mol. The molecule has 0 spiro atoms. The van der Waals surface area contributed by atoms with Crippen LogP contribution in [0.25, 0.3) is 11.3 Å². The molecule has 0 fully saturated rings. The smallest absolute Gasteiger partial charge is 0.344 e. The fourth-order valence-corrected chi connectivity index (χ4v) is 3.31. The van der Waals surface area contributed by atoms with Gasteiger partial charge in [0.15, 0.2) is 18.1 Å². The molecule has 174 valence electrons. The zero-order valence-corrected chi connectivity index (χ0v) is 18.9. The number of carbonyl (C=O) groups is 2. The molecule has 3 rings (SSSR count). The topological polar surface area (TPSA) is 109 Å². The molecule has 2 aromatic carbocycles. The maximum Gasteiger partial charge on any atom is 0.344 e. The van der Waals surface area contributed by atoms with Crippen molar-refractivity contribution in [3.8, 4) is 28.5 Å². The van der Waals surface area contributed by atoms with E-state index < -0.39 is 24.3 Å². The number of nitrogens with zero attached hydrogens (tertiary/aromatic N) is 1. The lowest BCUT2D eigenvalue weighted by atomic mass is 10.1. The average molecular weight is 479 g/mol. The predicted molar refractivity (Wildman–Crippen MR) is 117 cm³/mol. The maximum atomic E-state index is 14.3. The van der Waals surface area contributed by atoms with Gasteiger partial charge in [0.2, 0.25) is 5.75 Å². The summed E-state index contributed by atoms with van der Waals surface area (Å²) >= 11 is 6.07. The highest BCUT2D eigenvalue weighted by atomic mass is 35.5. The maximum absolute atomic E-state index is 14.3. The van der Waals surface area contributed by atoms with E-state index in [0.29, 0.717) is 22.9 Å². The lowest BCUT2D eigenvalue weighted by molar-refractivity contribution is -0.119. The van der Waals surface area contributed by atoms with E-state index in [4.69, 9.17) is 35.1 Å². The number of esters is 1. The summed E-state index contributed by atoms with van der Waals surface area (Å²) in [5.41, 5.74) is -0.0383. The third-order valence-electron chi connectivity index (χ3n) is 4.55. The Bertz CT molecular complexity index is 1150. The Morgan fingerprint density at radius 1 is 1.12 bits per heavy atom. The second kappa shape index (κ2) is 10.2. The number of nitrogens with one attached hydrogen (secondary N) is 1. The van der Waals surface area contributed by atoms with E-state index in [0.717, 1.165) is 0 Å². The summed E-state index contributed by atoms with van der Waals surface area (Å²) in [7, 11) is 4.32. The number of ether oxygens (including phenoxy) is 4. The van der Waals surface area contributed by atoms with Gasteiger partial charge in [-0.25, -0.2) is 9.18 Å². The molecule has 1 heterocycles. The van der Waals surface area contributed by atoms with Crippen molar-refractivity contribution in [3.05, 3.63) is 52.5 Å². The number of anilines is 1. The third-order valence-corrected chi connectivity index (χ3v) is 4.86. The fraction of sp³-hybridized carbons (Fsp3) is 0.227. The molecule has 11 heteroatoms. The predicted octanol–water partition coefficient (Wildman–Crippen LogP) is 4.26. The molecule has 3 aromatic rings. The number of halogens is 2. The van der Waals surface area contributed by atoms with Crippen LogP contribution < -0.4 is 19.5 Å². The molecule has 1 N–H and O–H groups in total. The van der Waals surface area contributed by atoms with Gasteiger partial charge >= 0.3 is 5.97 Å². The molecule has 0 aliphatic rings. The second-order valence-corrected chi connectivity index (χ2v) is 7.00. The number of aryl methyl sites for hydroxylation is 1. The van der Waals surface area contributed by atoms with E-state index in [2.05, 4.69) is 10.5 Å². The minimum Gasteiger partial charge on any atom is -0.493 e. The number of aromatic nitrogens is 1. The largest absolute Gasteiger partial charge is 0.493 e. The van der Waals surface area contributed by atoms with E-state index >= 15 is 0 Å². The summed E-state index contributed by atoms with van der Waals surface area (Å²) in [6.07, 6.45) is 0. The van der Waals surface area contributed by atoms with Crippen LogP contribution in [0.4, 0.5) is 10.1 Å². The number of benzene rings is 2. The first kappa shape index (κ1) is 23.9. The van der Waals surface area contributed by atoms with Gasteiger partial charge in [0, 0.05) is 17.8 Å². The van der Waals surface area contributed by atoms with Gasteiger partial charge in [-0.3, -0.25) is 4.79 Å². The molecule has 0 atom stereocenters. The average Bonchev–Trinajstić information content (AvgIpc) is 3.17. The molecule has 9 nitrogen and oxygen atoms in total. The first-order valence-electron chi connectivity index (χ1n) is 9.48. The second-order valence-electron chi connectivity index (χ2n) is 6.60. The zero-order valence-electron chi connectivity index (χ0n) is 18.2. The third kappa shape index (κ3) is 5.01. The van der Waals surface area contributed by atoms with Crippen LogP contribution in [-0.4, -0.2) is 45.0 Å². The molecule has 1 amide bonds. The summed E-state index contributed by atoms with van der Waals surface area (Å²) in [5.74, 6) is -1.16. The molecule has 0 bridgehead atoms. The number of hydrogen-bond acceptors (Lipinski definition) is 8. The van der Waals surface area contributed by atoms with E-state index in [-0.39, 0.29) is 27.6 Å². The van der Waals surface area contributed by atoms with Gasteiger partial charge in [-0.2, -0.15) is 0 Å². The number of hydrogen-bond donors (Lipinski definition) is 1. The van der Waals surface area contributed by atoms with Gasteiger partial charge in [-0.15, -0.1) is 0 Å². The summed E-state index contributed by atoms with van der Waals surface area (Å²) in [5, 5.41) is 6.35. The van der Waals surface area contributed by atoms with Crippen LogP contribution in [0.15, 0.2) is 34.9 Å². The van der Waals surface area contributed by atoms with Crippen LogP contribution in [0, 0.1) is 12.7 Å². The summed E-state index contributed by atoms with van der Waals surface area (Å²) in [4.78, 5) is 25.0. The molecule has 0 aliphatic carbocycles. The van der Waals surface area contributed by atoms with Crippen molar-refractivity contribution < 1.29 is 37.5 Å². The lowest BCUT2D eigenvalue weighted by Gasteiger charge is -2.14. The molecule has 0 radical (unpaired) electrons. The molecule has 0 unspecified atom stereocenters. The van der Waals surface area contributed by atoms with Crippen molar-refractivity contribution in [1.82, 2.24) is 5.16 Å². The normalized spacial score (nSPS) is 10.5. The van der Waals surface area contributed by atoms with Crippen LogP contribution in [0.3, 0.4) is 0 Å². The Balaban J connectivity index is 1.75. The number of amides is 1. The van der Waals surface area contributed by atoms with E-state index in [9.17, 15) is 14.0 Å². The van der Waals surface area contributed by atoms with Crippen LogP contribution in [0.5, 0.6) is 17.2 Å². The zero-order chi connectivity index (χ0) is 24.1. The van der Waals surface area contributed by atoms with Gasteiger partial charge in [-0.05, 0) is 19.1 Å². The first-order valence-corrected chi connectivity index (χ1v) is 9.86. The highest BCUT2D eigenvalue weighted by Crippen LogP contribution is 2.40. The van der Waals surface area contributed by atoms with Crippen molar-refractivity contribution in [2.75, 3.05) is 33.3 Å². The van der Waals surface area contributed by atoms with Crippen LogP contribution in [0.1, 0.15) is 16.1 Å². The summed E-state index contributed by atoms with van der Waals surface area (Å²) < 4.78 is 40.2. The van der Waals surface area contributed by atoms with Crippen molar-refractivity contribution >= 4 is 29.2 Å². The Labute approximate surface area is 193 Å². The molecule has 33 heavy (non-hydrogen) atoms. The molecule has 0 saturated heterocycles. The minimum absolute atomic E-state index is 0.0393. The quantitative estimate of drug-likeness (QED) is 0.478. The lowest BCUT2D eigenvalue weighted by Crippen LogP contribution is -2.21. The van der Waals surface area contributed by atoms with Crippen molar-refractivity contribution in [2.24, 2.45) is 0 Å². The molecule has 1 aromatic heterocycles. The Morgan fingerprint density at radius 3 is 2.36 bits per heavy atom. The van der Waals surface area contributed by atoms with Crippen LogP contribution in [0.2, 0.25) is 5.02 Å². The highest BCUT2D eigenvalue weighted by molar-refractivity contribution is 6.33. The van der Waals surface area contributed by atoms with Gasteiger partial charge in [0.05, 0.1) is 31.9 Å². The van der Waals surface area contributed by atoms with Crippen LogP contribution >= 0.6 is 11.6 Å². The number of carbonyl (C=O) groups excluding carboxylic acids is 2. The Kier molecular flexibility index (Phi) is 7.39. The number of methoxy groups -OCH3 is 3. The SMILES string of the molecule is COc1cc(NC(=O)COC(=O)c2c(-c3c(F)cccc3Cl)noc2C)cc(OC)c1OC. The van der Waals surface area contributed by atoms with E-state index in [1.807, 2.05) is 0 Å². The standard InChI is InChI=1S/C22H20ClFN2O7/c1-11-18(20(26-33-11)19-13(23)6-5-7-14(19)24)22(28)32-10-17(27)25-12-8-15(29-2)21(31-4)16(9-12)30-3/h5-9H,10H2,1-4H3,(H,25,27). The van der Waals surface area contributed by atoms with E-state index in [1.165, 1.54) is 58.6 Å². The Hall–Kier alpha value is -3.79. The summed E-state index contributed by atoms with van der Waals surface area (Å²) in [6.45, 7) is 0.822. The van der Waals surface area contributed by atoms with Crippen LogP contribution in [-0.2, 0) is 9.53 Å². The van der Waals surface area contributed by atoms with Crippen molar-refractivity contribution in [3.63, 3.8) is 0 Å². The van der Waals surface area contributed by atoms with E-state index in [1.54, 1.807) is 0 Å².